The van der Waals surface area contributed by atoms with Crippen LogP contribution in [0, 0.1) is 5.92 Å². The predicted octanol–water partition coefficient (Wildman–Crippen LogP) is 3.34. The number of carboxylic acids is 1. The maximum Gasteiger partial charge on any atom is 0.341 e. The van der Waals surface area contributed by atoms with E-state index in [1.165, 1.54) is 12.8 Å². The van der Waals surface area contributed by atoms with E-state index in [0.29, 0.717) is 22.9 Å². The first-order chi connectivity index (χ1) is 10.2. The summed E-state index contributed by atoms with van der Waals surface area (Å²) in [6.07, 6.45) is 5.69. The molecule has 0 aliphatic heterocycles. The molecule has 0 saturated heterocycles. The topological polar surface area (TPSA) is 88.3 Å². The van der Waals surface area contributed by atoms with E-state index in [0.717, 1.165) is 6.54 Å². The highest BCUT2D eigenvalue weighted by atomic mass is 35.5. The molecule has 1 aliphatic carbocycles. The molecule has 0 bridgehead atoms. The van der Waals surface area contributed by atoms with Crippen molar-refractivity contribution in [2.75, 3.05) is 6.54 Å². The van der Waals surface area contributed by atoms with Gasteiger partial charge in [-0.1, -0.05) is 5.16 Å². The molecule has 23 heavy (non-hydrogen) atoms. The van der Waals surface area contributed by atoms with E-state index in [-0.39, 0.29) is 36.4 Å². The number of carbonyl (C=O) groups is 1. The fourth-order valence-corrected chi connectivity index (χ4v) is 2.26. The molecule has 126 valence electrons. The predicted molar refractivity (Wildman–Crippen MR) is 90.3 cm³/mol. The second kappa shape index (κ2) is 8.29. The highest BCUT2D eigenvalue weighted by Crippen LogP contribution is 2.31. The van der Waals surface area contributed by atoms with Gasteiger partial charge in [-0.15, -0.1) is 24.8 Å². The molecule has 2 heterocycles. The zero-order valence-electron chi connectivity index (χ0n) is 12.6. The maximum absolute atomic E-state index is 11.6. The van der Waals surface area contributed by atoms with Gasteiger partial charge >= 0.3 is 5.97 Å². The molecule has 1 aliphatic rings. The molecule has 2 N–H and O–H groups in total. The number of hydrogen-bond donors (Lipinski definition) is 2. The van der Waals surface area contributed by atoms with Crippen LogP contribution >= 0.6 is 24.8 Å². The molecule has 0 spiro atoms. The largest absolute Gasteiger partial charge is 0.477 e. The third-order valence-corrected chi connectivity index (χ3v) is 3.67. The zero-order valence-corrected chi connectivity index (χ0v) is 14.2. The van der Waals surface area contributed by atoms with Crippen LogP contribution in [0.2, 0.25) is 0 Å². The second-order valence-corrected chi connectivity index (χ2v) is 5.39. The molecule has 0 radical (unpaired) electrons. The number of aromatic nitrogens is 2. The third kappa shape index (κ3) is 4.43. The minimum Gasteiger partial charge on any atom is -0.477 e. The minimum atomic E-state index is -1.04. The summed E-state index contributed by atoms with van der Waals surface area (Å²) in [7, 11) is 0. The van der Waals surface area contributed by atoms with Crippen LogP contribution in [0.1, 0.15) is 41.9 Å². The number of carboxylic acid groups (broad SMARTS) is 1. The summed E-state index contributed by atoms with van der Waals surface area (Å²) in [6, 6.07) is 3.32. The molecule has 2 aromatic heterocycles. The fraction of sp³-hybridized carbons (Fsp3) is 0.400. The van der Waals surface area contributed by atoms with Crippen molar-refractivity contribution in [3.63, 3.8) is 0 Å². The number of rotatable bonds is 6. The van der Waals surface area contributed by atoms with Gasteiger partial charge in [-0.05, 0) is 44.4 Å². The van der Waals surface area contributed by atoms with E-state index in [9.17, 15) is 9.90 Å². The summed E-state index contributed by atoms with van der Waals surface area (Å²) < 4.78 is 5.30. The Balaban J connectivity index is 0.00000132. The molecular weight excluding hydrogens is 341 g/mol. The Hall–Kier alpha value is -1.63. The van der Waals surface area contributed by atoms with E-state index < -0.39 is 5.97 Å². The van der Waals surface area contributed by atoms with Gasteiger partial charge < -0.3 is 14.9 Å². The van der Waals surface area contributed by atoms with Crippen LogP contribution < -0.4 is 5.32 Å². The van der Waals surface area contributed by atoms with Crippen LogP contribution in [0.4, 0.5) is 0 Å². The highest BCUT2D eigenvalue weighted by molar-refractivity contribution is 5.95. The number of nitrogens with zero attached hydrogens (tertiary/aromatic N) is 2. The standard InChI is InChI=1S/C15H17N3O3.2ClH/c1-9(17-7-10-4-5-10)14-12(15(19)20)13(18-21-14)11-3-2-6-16-8-11;;/h2-3,6,8-10,17H,4-5,7H2,1H3,(H,19,20);2*1H/t9-;;/m1../s1. The number of pyridine rings is 1. The highest BCUT2D eigenvalue weighted by Gasteiger charge is 2.28. The van der Waals surface area contributed by atoms with Crippen molar-refractivity contribution < 1.29 is 14.4 Å². The second-order valence-electron chi connectivity index (χ2n) is 5.39. The summed E-state index contributed by atoms with van der Waals surface area (Å²) in [6.45, 7) is 2.77. The quantitative estimate of drug-likeness (QED) is 0.822. The van der Waals surface area contributed by atoms with Crippen molar-refractivity contribution in [1.82, 2.24) is 15.5 Å². The summed E-state index contributed by atoms with van der Waals surface area (Å²) in [5.41, 5.74) is 1.07. The lowest BCUT2D eigenvalue weighted by Crippen LogP contribution is -2.22. The average molecular weight is 360 g/mol. The Kier molecular flexibility index (Phi) is 7.00. The first-order valence-corrected chi connectivity index (χ1v) is 7.03. The number of nitrogens with one attached hydrogen (secondary N) is 1. The van der Waals surface area contributed by atoms with Crippen molar-refractivity contribution in [1.29, 1.82) is 0 Å². The SMILES string of the molecule is C[C@@H](NCC1CC1)c1onc(-c2cccnc2)c1C(=O)O.Cl.Cl. The molecule has 0 aromatic carbocycles. The molecule has 1 fully saturated rings. The number of hydrogen-bond acceptors (Lipinski definition) is 5. The molecule has 1 atom stereocenters. The van der Waals surface area contributed by atoms with Crippen molar-refractivity contribution in [3.05, 3.63) is 35.9 Å². The maximum atomic E-state index is 11.6. The van der Waals surface area contributed by atoms with E-state index in [1.807, 2.05) is 6.92 Å². The average Bonchev–Trinajstić information content (AvgIpc) is 3.21. The van der Waals surface area contributed by atoms with E-state index in [1.54, 1.807) is 24.5 Å². The zero-order chi connectivity index (χ0) is 14.8. The molecular formula is C15H19Cl2N3O3. The molecule has 6 nitrogen and oxygen atoms in total. The first-order valence-electron chi connectivity index (χ1n) is 7.03. The first kappa shape index (κ1) is 19.4. The summed E-state index contributed by atoms with van der Waals surface area (Å²) in [5.74, 6) is 0.0358. The Labute approximate surface area is 146 Å². The van der Waals surface area contributed by atoms with Gasteiger partial charge in [0.2, 0.25) is 0 Å². The van der Waals surface area contributed by atoms with Crippen LogP contribution in [0.15, 0.2) is 29.0 Å². The van der Waals surface area contributed by atoms with Gasteiger partial charge in [-0.25, -0.2) is 4.79 Å². The van der Waals surface area contributed by atoms with Crippen LogP contribution in [0.25, 0.3) is 11.3 Å². The normalized spacial score (nSPS) is 14.5. The van der Waals surface area contributed by atoms with Gasteiger partial charge in [0.1, 0.15) is 11.3 Å². The van der Waals surface area contributed by atoms with Crippen LogP contribution in [-0.2, 0) is 0 Å². The van der Waals surface area contributed by atoms with Gasteiger partial charge in [0.25, 0.3) is 0 Å². The van der Waals surface area contributed by atoms with Gasteiger partial charge in [0, 0.05) is 18.0 Å². The fourth-order valence-electron chi connectivity index (χ4n) is 2.26. The molecule has 0 amide bonds. The lowest BCUT2D eigenvalue weighted by Gasteiger charge is -2.10. The Morgan fingerprint density at radius 3 is 2.78 bits per heavy atom. The van der Waals surface area contributed by atoms with Crippen LogP contribution in [0.3, 0.4) is 0 Å². The van der Waals surface area contributed by atoms with Crippen molar-refractivity contribution in [3.8, 4) is 11.3 Å². The monoisotopic (exact) mass is 359 g/mol. The molecule has 0 unspecified atom stereocenters. The van der Waals surface area contributed by atoms with Crippen LogP contribution in [-0.4, -0.2) is 27.8 Å². The number of aromatic carboxylic acids is 1. The Bertz CT molecular complexity index is 645. The van der Waals surface area contributed by atoms with E-state index in [2.05, 4.69) is 15.5 Å². The molecule has 2 aromatic rings. The number of halogens is 2. The van der Waals surface area contributed by atoms with E-state index in [4.69, 9.17) is 4.52 Å². The lowest BCUT2D eigenvalue weighted by atomic mass is 10.0. The minimum absolute atomic E-state index is 0. The van der Waals surface area contributed by atoms with Gasteiger partial charge in [0.05, 0.1) is 6.04 Å². The van der Waals surface area contributed by atoms with Crippen molar-refractivity contribution in [2.45, 2.75) is 25.8 Å². The summed E-state index contributed by atoms with van der Waals surface area (Å²) in [5, 5.41) is 16.7. The molecule has 1 saturated carbocycles. The van der Waals surface area contributed by atoms with Gasteiger partial charge in [0.15, 0.2) is 5.76 Å². The van der Waals surface area contributed by atoms with Gasteiger partial charge in [-0.3, -0.25) is 4.98 Å². The molecule has 3 rings (SSSR count). The van der Waals surface area contributed by atoms with Crippen molar-refractivity contribution in [2.24, 2.45) is 5.92 Å². The Morgan fingerprint density at radius 1 is 1.48 bits per heavy atom. The molecule has 8 heteroatoms. The van der Waals surface area contributed by atoms with E-state index >= 15 is 0 Å². The van der Waals surface area contributed by atoms with Crippen LogP contribution in [0.5, 0.6) is 0 Å². The van der Waals surface area contributed by atoms with Gasteiger partial charge in [-0.2, -0.15) is 0 Å². The summed E-state index contributed by atoms with van der Waals surface area (Å²) >= 11 is 0. The lowest BCUT2D eigenvalue weighted by molar-refractivity contribution is 0.0694. The summed E-state index contributed by atoms with van der Waals surface area (Å²) in [4.78, 5) is 15.6. The third-order valence-electron chi connectivity index (χ3n) is 3.67. The Morgan fingerprint density at radius 2 is 2.22 bits per heavy atom. The smallest absolute Gasteiger partial charge is 0.341 e. The van der Waals surface area contributed by atoms with Crippen molar-refractivity contribution >= 4 is 30.8 Å².